The summed E-state index contributed by atoms with van der Waals surface area (Å²) in [6.45, 7) is 1.91. The fourth-order valence-corrected chi connectivity index (χ4v) is 2.33. The van der Waals surface area contributed by atoms with Crippen LogP contribution in [0.4, 0.5) is 0 Å². The second-order valence-electron chi connectivity index (χ2n) is 5.23. The minimum atomic E-state index is -0.209. The van der Waals surface area contributed by atoms with Crippen LogP contribution in [0.3, 0.4) is 0 Å². The number of pyridine rings is 1. The Morgan fingerprint density at radius 3 is 2.59 bits per heavy atom. The van der Waals surface area contributed by atoms with E-state index in [1.165, 1.54) is 24.5 Å². The van der Waals surface area contributed by atoms with Gasteiger partial charge in [0, 0.05) is 24.6 Å². The van der Waals surface area contributed by atoms with E-state index in [0.717, 1.165) is 16.7 Å². The molecule has 0 radical (unpaired) electrons. The van der Waals surface area contributed by atoms with Gasteiger partial charge in [-0.1, -0.05) is 18.2 Å². The minimum absolute atomic E-state index is 0.159. The van der Waals surface area contributed by atoms with Gasteiger partial charge in [0.25, 0.3) is 5.91 Å². The number of aromatic nitrogens is 1. The van der Waals surface area contributed by atoms with E-state index in [9.17, 15) is 10.0 Å². The third-order valence-electron chi connectivity index (χ3n) is 3.81. The summed E-state index contributed by atoms with van der Waals surface area (Å²) in [6.07, 6.45) is 2.62. The first-order valence-electron chi connectivity index (χ1n) is 7.01. The topological polar surface area (TPSA) is 60.4 Å². The van der Waals surface area contributed by atoms with Crippen LogP contribution in [0.2, 0.25) is 0 Å². The third kappa shape index (κ3) is 2.53. The SMILES string of the molecule is CC(c1cc2ccccc2o1)N(C)C(=O)c1cc[n+]([O-])cc1. The molecule has 5 heteroatoms. The van der Waals surface area contributed by atoms with Crippen LogP contribution in [0.1, 0.15) is 29.1 Å². The summed E-state index contributed by atoms with van der Waals surface area (Å²) in [5.41, 5.74) is 1.27. The van der Waals surface area contributed by atoms with Gasteiger partial charge in [-0.3, -0.25) is 4.79 Å². The molecule has 0 aliphatic heterocycles. The van der Waals surface area contributed by atoms with Gasteiger partial charge in [-0.2, -0.15) is 4.73 Å². The lowest BCUT2D eigenvalue weighted by Gasteiger charge is -2.23. The Morgan fingerprint density at radius 2 is 1.91 bits per heavy atom. The summed E-state index contributed by atoms with van der Waals surface area (Å²) in [4.78, 5) is 14.1. The molecule has 1 unspecified atom stereocenters. The fraction of sp³-hybridized carbons (Fsp3) is 0.176. The molecule has 1 atom stereocenters. The van der Waals surface area contributed by atoms with Gasteiger partial charge in [-0.05, 0) is 19.1 Å². The molecule has 22 heavy (non-hydrogen) atoms. The summed E-state index contributed by atoms with van der Waals surface area (Å²) in [6, 6.07) is 12.5. The van der Waals surface area contributed by atoms with E-state index < -0.39 is 0 Å². The molecule has 2 heterocycles. The fourth-order valence-electron chi connectivity index (χ4n) is 2.33. The van der Waals surface area contributed by atoms with Crippen LogP contribution in [0.5, 0.6) is 0 Å². The van der Waals surface area contributed by atoms with Crippen molar-refractivity contribution in [1.29, 1.82) is 0 Å². The summed E-state index contributed by atoms with van der Waals surface area (Å²) < 4.78 is 6.46. The van der Waals surface area contributed by atoms with Crippen LogP contribution in [-0.4, -0.2) is 17.9 Å². The Hall–Kier alpha value is -2.82. The number of hydrogen-bond acceptors (Lipinski definition) is 3. The van der Waals surface area contributed by atoms with Crippen LogP contribution in [0.25, 0.3) is 11.0 Å². The molecule has 112 valence electrons. The van der Waals surface area contributed by atoms with Gasteiger partial charge in [0.05, 0.1) is 11.6 Å². The zero-order chi connectivity index (χ0) is 15.7. The van der Waals surface area contributed by atoms with E-state index in [4.69, 9.17) is 4.42 Å². The monoisotopic (exact) mass is 296 g/mol. The molecule has 0 saturated carbocycles. The van der Waals surface area contributed by atoms with Crippen molar-refractivity contribution in [2.24, 2.45) is 0 Å². The second-order valence-corrected chi connectivity index (χ2v) is 5.23. The molecule has 0 aliphatic carbocycles. The van der Waals surface area contributed by atoms with Crippen molar-refractivity contribution in [2.75, 3.05) is 7.05 Å². The molecule has 1 aromatic carbocycles. The van der Waals surface area contributed by atoms with E-state index in [1.54, 1.807) is 11.9 Å². The van der Waals surface area contributed by atoms with Gasteiger partial charge in [0.1, 0.15) is 11.3 Å². The Morgan fingerprint density at radius 1 is 1.23 bits per heavy atom. The van der Waals surface area contributed by atoms with Gasteiger partial charge >= 0.3 is 0 Å². The van der Waals surface area contributed by atoms with Crippen LogP contribution < -0.4 is 4.73 Å². The largest absolute Gasteiger partial charge is 0.619 e. The molecular weight excluding hydrogens is 280 g/mol. The molecule has 0 N–H and O–H groups in total. The lowest BCUT2D eigenvalue weighted by Crippen LogP contribution is -2.31. The summed E-state index contributed by atoms with van der Waals surface area (Å²) >= 11 is 0. The van der Waals surface area contributed by atoms with Crippen LogP contribution in [-0.2, 0) is 0 Å². The first-order valence-corrected chi connectivity index (χ1v) is 7.01. The number of hydrogen-bond donors (Lipinski definition) is 0. The number of fused-ring (bicyclic) bond motifs is 1. The van der Waals surface area contributed by atoms with Crippen LogP contribution >= 0.6 is 0 Å². The predicted octanol–water partition coefficient (Wildman–Crippen LogP) is 2.90. The summed E-state index contributed by atoms with van der Waals surface area (Å²) in [7, 11) is 1.72. The van der Waals surface area contributed by atoms with E-state index in [1.807, 2.05) is 37.3 Å². The van der Waals surface area contributed by atoms with Crippen LogP contribution in [0.15, 0.2) is 59.3 Å². The standard InChI is InChI=1S/C17H16N2O3/c1-12(16-11-14-5-3-4-6-15(14)22-16)18(2)17(20)13-7-9-19(21)10-8-13/h3-12H,1-2H3. The highest BCUT2D eigenvalue weighted by atomic mass is 16.5. The molecule has 0 bridgehead atoms. The number of nitrogens with zero attached hydrogens (tertiary/aromatic N) is 2. The Bertz CT molecular complexity index is 775. The van der Waals surface area contributed by atoms with Crippen molar-refractivity contribution < 1.29 is 13.9 Å². The van der Waals surface area contributed by atoms with Gasteiger partial charge in [0.15, 0.2) is 12.4 Å². The molecule has 0 saturated heterocycles. The average molecular weight is 296 g/mol. The summed E-state index contributed by atoms with van der Waals surface area (Å²) in [5, 5.41) is 12.1. The first kappa shape index (κ1) is 14.1. The molecule has 3 rings (SSSR count). The maximum absolute atomic E-state index is 12.5. The number of rotatable bonds is 3. The first-order chi connectivity index (χ1) is 10.6. The Kier molecular flexibility index (Phi) is 3.55. The Balaban J connectivity index is 1.85. The van der Waals surface area contributed by atoms with E-state index >= 15 is 0 Å². The predicted molar refractivity (Wildman–Crippen MR) is 82.1 cm³/mol. The molecule has 5 nitrogen and oxygen atoms in total. The van der Waals surface area contributed by atoms with E-state index in [2.05, 4.69) is 0 Å². The molecule has 0 spiro atoms. The summed E-state index contributed by atoms with van der Waals surface area (Å²) in [5.74, 6) is 0.570. The van der Waals surface area contributed by atoms with Crippen molar-refractivity contribution in [2.45, 2.75) is 13.0 Å². The number of benzene rings is 1. The van der Waals surface area contributed by atoms with Gasteiger partial charge in [-0.25, -0.2) is 0 Å². The number of furan rings is 1. The number of carbonyl (C=O) groups is 1. The molecule has 1 amide bonds. The average Bonchev–Trinajstić information content (AvgIpc) is 2.97. The van der Waals surface area contributed by atoms with Crippen molar-refractivity contribution >= 4 is 16.9 Å². The lowest BCUT2D eigenvalue weighted by molar-refractivity contribution is -0.605. The maximum atomic E-state index is 12.5. The normalized spacial score (nSPS) is 12.3. The van der Waals surface area contributed by atoms with Crippen molar-refractivity contribution in [3.05, 3.63) is 71.4 Å². The molecule has 0 fully saturated rings. The third-order valence-corrected chi connectivity index (χ3v) is 3.81. The highest BCUT2D eigenvalue weighted by molar-refractivity contribution is 5.94. The zero-order valence-electron chi connectivity index (χ0n) is 12.4. The minimum Gasteiger partial charge on any atom is -0.619 e. The highest BCUT2D eigenvalue weighted by Crippen LogP contribution is 2.27. The Labute approximate surface area is 128 Å². The smallest absolute Gasteiger partial charge is 0.254 e. The maximum Gasteiger partial charge on any atom is 0.254 e. The molecule has 2 aromatic heterocycles. The molecule has 0 aliphatic rings. The quantitative estimate of drug-likeness (QED) is 0.551. The number of para-hydroxylation sites is 1. The number of amides is 1. The van der Waals surface area contributed by atoms with Crippen LogP contribution in [0, 0.1) is 5.21 Å². The van der Waals surface area contributed by atoms with E-state index in [-0.39, 0.29) is 11.9 Å². The highest BCUT2D eigenvalue weighted by Gasteiger charge is 2.22. The van der Waals surface area contributed by atoms with Gasteiger partial charge < -0.3 is 14.5 Å². The van der Waals surface area contributed by atoms with E-state index in [0.29, 0.717) is 10.3 Å². The van der Waals surface area contributed by atoms with Crippen molar-refractivity contribution in [1.82, 2.24) is 4.90 Å². The molecular formula is C17H16N2O3. The molecule has 3 aromatic rings. The zero-order valence-corrected chi connectivity index (χ0v) is 12.4. The lowest BCUT2D eigenvalue weighted by atomic mass is 10.1. The van der Waals surface area contributed by atoms with Gasteiger partial charge in [0.2, 0.25) is 0 Å². The van der Waals surface area contributed by atoms with Crippen molar-refractivity contribution in [3.63, 3.8) is 0 Å². The van der Waals surface area contributed by atoms with Crippen molar-refractivity contribution in [3.8, 4) is 0 Å². The van der Waals surface area contributed by atoms with Gasteiger partial charge in [-0.15, -0.1) is 0 Å². The number of carbonyl (C=O) groups excluding carboxylic acids is 1. The second kappa shape index (κ2) is 5.52.